The number of ether oxygens (including phenoxy) is 1. The van der Waals surface area contributed by atoms with E-state index >= 15 is 0 Å². The number of piperidine rings is 1. The van der Waals surface area contributed by atoms with Gasteiger partial charge < -0.3 is 4.74 Å². The van der Waals surface area contributed by atoms with E-state index in [4.69, 9.17) is 16.3 Å². The average Bonchev–Trinajstić information content (AvgIpc) is 3.68. The Morgan fingerprint density at radius 2 is 1.86 bits per heavy atom. The lowest BCUT2D eigenvalue weighted by molar-refractivity contribution is 0.0977. The zero-order chi connectivity index (χ0) is 26.0. The minimum atomic E-state index is -3.79. The van der Waals surface area contributed by atoms with E-state index in [1.807, 2.05) is 4.72 Å². The summed E-state index contributed by atoms with van der Waals surface area (Å²) in [5, 5.41) is 0.423. The maximum atomic E-state index is 14.8. The second-order valence-corrected chi connectivity index (χ2v) is 12.0. The molecule has 0 bridgehead atoms. The summed E-state index contributed by atoms with van der Waals surface area (Å²) in [4.78, 5) is 14.7. The number of likely N-dealkylation sites (tertiary alicyclic amines) is 1. The lowest BCUT2D eigenvalue weighted by Crippen LogP contribution is -2.37. The average molecular weight is 541 g/mol. The zero-order valence-electron chi connectivity index (χ0n) is 20.4. The van der Waals surface area contributed by atoms with E-state index in [1.165, 1.54) is 31.2 Å². The van der Waals surface area contributed by atoms with Crippen LogP contribution in [0.4, 0.5) is 8.78 Å². The lowest BCUT2D eigenvalue weighted by atomic mass is 9.95. The number of carbonyl (C=O) groups is 1. The number of hydrogen-bond donors (Lipinski definition) is 1. The van der Waals surface area contributed by atoms with Gasteiger partial charge in [-0.3, -0.25) is 9.69 Å². The molecule has 1 saturated heterocycles. The standard InChI is InChI=1S/C26H31ClF2N2O4S/c1-3-36(33,34)30-26(32)22-13-21(18-4-5-18)25(14-24(22)29)35-15-17-8-10-31(11-9-17)16(2)20-7-6-19(28)12-23(20)27/h6-7,12-14,16-18H,3-5,8-11,15H2,1-2H3,(H,30,32)/t16-/m0/s1. The monoisotopic (exact) mass is 540 g/mol. The quantitative estimate of drug-likeness (QED) is 0.459. The van der Waals surface area contributed by atoms with Crippen LogP contribution in [0.25, 0.3) is 0 Å². The fourth-order valence-electron chi connectivity index (χ4n) is 4.60. The molecule has 1 amide bonds. The normalized spacial score (nSPS) is 18.1. The number of carbonyl (C=O) groups excluding carboxylic acids is 1. The van der Waals surface area contributed by atoms with Crippen molar-refractivity contribution in [3.8, 4) is 5.75 Å². The summed E-state index contributed by atoms with van der Waals surface area (Å²) in [6, 6.07) is 7.18. The van der Waals surface area contributed by atoms with Crippen LogP contribution in [0.1, 0.15) is 73.0 Å². The third kappa shape index (κ3) is 6.36. The Hall–Kier alpha value is -2.23. The summed E-state index contributed by atoms with van der Waals surface area (Å²) >= 11 is 6.25. The molecule has 1 atom stereocenters. The van der Waals surface area contributed by atoms with E-state index in [0.717, 1.165) is 49.9 Å². The number of nitrogens with zero attached hydrogens (tertiary/aromatic N) is 1. The molecule has 1 aliphatic carbocycles. The number of hydrogen-bond acceptors (Lipinski definition) is 5. The van der Waals surface area contributed by atoms with E-state index in [9.17, 15) is 22.0 Å². The highest BCUT2D eigenvalue weighted by molar-refractivity contribution is 7.90. The molecule has 2 aromatic rings. The highest BCUT2D eigenvalue weighted by Crippen LogP contribution is 2.45. The molecule has 1 aliphatic heterocycles. The maximum absolute atomic E-state index is 14.8. The summed E-state index contributed by atoms with van der Waals surface area (Å²) in [5.74, 6) is -1.52. The van der Waals surface area contributed by atoms with Gasteiger partial charge >= 0.3 is 0 Å². The first kappa shape index (κ1) is 26.8. The summed E-state index contributed by atoms with van der Waals surface area (Å²) in [7, 11) is -3.79. The van der Waals surface area contributed by atoms with Gasteiger partial charge in [-0.2, -0.15) is 0 Å². The fourth-order valence-corrected chi connectivity index (χ4v) is 5.47. The minimum absolute atomic E-state index is 0.0609. The van der Waals surface area contributed by atoms with Crippen LogP contribution < -0.4 is 9.46 Å². The maximum Gasteiger partial charge on any atom is 0.267 e. The molecule has 0 spiro atoms. The summed E-state index contributed by atoms with van der Waals surface area (Å²) in [5.41, 5.74) is 1.35. The van der Waals surface area contributed by atoms with Crippen LogP contribution in [0.3, 0.4) is 0 Å². The number of rotatable bonds is 9. The largest absolute Gasteiger partial charge is 0.493 e. The van der Waals surface area contributed by atoms with Gasteiger partial charge in [0.25, 0.3) is 5.91 Å². The predicted molar refractivity (Wildman–Crippen MR) is 135 cm³/mol. The van der Waals surface area contributed by atoms with Crippen LogP contribution in [0.5, 0.6) is 5.75 Å². The first-order valence-electron chi connectivity index (χ1n) is 12.3. The first-order chi connectivity index (χ1) is 17.1. The van der Waals surface area contributed by atoms with Crippen LogP contribution in [0, 0.1) is 17.6 Å². The molecule has 6 nitrogen and oxygen atoms in total. The second kappa shape index (κ2) is 11.0. The van der Waals surface area contributed by atoms with Crippen LogP contribution >= 0.6 is 11.6 Å². The van der Waals surface area contributed by atoms with Crippen LogP contribution in [-0.2, 0) is 10.0 Å². The van der Waals surface area contributed by atoms with E-state index in [2.05, 4.69) is 11.8 Å². The van der Waals surface area contributed by atoms with Gasteiger partial charge in [0, 0.05) is 17.1 Å². The SMILES string of the molecule is CCS(=O)(=O)NC(=O)c1cc(C2CC2)c(OCC2CCN([C@@H](C)c3ccc(F)cc3Cl)CC2)cc1F. The van der Waals surface area contributed by atoms with Crippen molar-refractivity contribution < 1.29 is 26.7 Å². The number of amides is 1. The van der Waals surface area contributed by atoms with Gasteiger partial charge in [0.05, 0.1) is 17.9 Å². The molecule has 0 unspecified atom stereocenters. The molecule has 2 aliphatic rings. The number of nitrogens with one attached hydrogen (secondary N) is 1. The Kier molecular flexibility index (Phi) is 8.22. The van der Waals surface area contributed by atoms with Gasteiger partial charge in [-0.05, 0) is 93.8 Å². The van der Waals surface area contributed by atoms with Crippen molar-refractivity contribution >= 4 is 27.5 Å². The van der Waals surface area contributed by atoms with Gasteiger partial charge in [-0.15, -0.1) is 0 Å². The molecule has 4 rings (SSSR count). The molecule has 1 saturated carbocycles. The molecule has 36 heavy (non-hydrogen) atoms. The van der Waals surface area contributed by atoms with Crippen molar-refractivity contribution in [2.75, 3.05) is 25.4 Å². The van der Waals surface area contributed by atoms with Gasteiger partial charge in [0.15, 0.2) is 0 Å². The fraction of sp³-hybridized carbons (Fsp3) is 0.500. The van der Waals surface area contributed by atoms with Crippen molar-refractivity contribution in [1.29, 1.82) is 0 Å². The summed E-state index contributed by atoms with van der Waals surface area (Å²) < 4.78 is 59.6. The molecule has 1 N–H and O–H groups in total. The number of benzene rings is 2. The third-order valence-corrected chi connectivity index (χ3v) is 8.66. The minimum Gasteiger partial charge on any atom is -0.493 e. The molecule has 0 radical (unpaired) electrons. The van der Waals surface area contributed by atoms with Crippen LogP contribution in [0.15, 0.2) is 30.3 Å². The zero-order valence-corrected chi connectivity index (χ0v) is 22.0. The lowest BCUT2D eigenvalue weighted by Gasteiger charge is -2.36. The Morgan fingerprint density at radius 1 is 1.17 bits per heavy atom. The Morgan fingerprint density at radius 3 is 2.47 bits per heavy atom. The molecule has 196 valence electrons. The molecule has 10 heteroatoms. The van der Waals surface area contributed by atoms with Crippen LogP contribution in [0.2, 0.25) is 5.02 Å². The molecule has 2 fully saturated rings. The third-order valence-electron chi connectivity index (χ3n) is 7.07. The molecular weight excluding hydrogens is 510 g/mol. The van der Waals surface area contributed by atoms with Crippen molar-refractivity contribution in [2.45, 2.75) is 51.5 Å². The summed E-state index contributed by atoms with van der Waals surface area (Å²) in [6.07, 6.45) is 3.61. The molecule has 0 aromatic heterocycles. The van der Waals surface area contributed by atoms with E-state index in [0.29, 0.717) is 17.4 Å². The molecule has 2 aromatic carbocycles. The highest BCUT2D eigenvalue weighted by Gasteiger charge is 2.31. The van der Waals surface area contributed by atoms with E-state index < -0.39 is 21.7 Å². The van der Waals surface area contributed by atoms with Crippen molar-refractivity contribution in [2.24, 2.45) is 5.92 Å². The molecule has 1 heterocycles. The number of sulfonamides is 1. The second-order valence-electron chi connectivity index (χ2n) is 9.61. The Bertz CT molecular complexity index is 1230. The Balaban J connectivity index is 1.38. The van der Waals surface area contributed by atoms with Crippen molar-refractivity contribution in [3.05, 3.63) is 63.7 Å². The van der Waals surface area contributed by atoms with Crippen molar-refractivity contribution in [3.63, 3.8) is 0 Å². The molecular formula is C26H31ClF2N2O4S. The smallest absolute Gasteiger partial charge is 0.267 e. The van der Waals surface area contributed by atoms with Gasteiger partial charge in [-0.1, -0.05) is 17.7 Å². The van der Waals surface area contributed by atoms with Gasteiger partial charge in [-0.25, -0.2) is 21.9 Å². The van der Waals surface area contributed by atoms with E-state index in [-0.39, 0.29) is 35.0 Å². The Labute approximate surface area is 216 Å². The van der Waals surface area contributed by atoms with Gasteiger partial charge in [0.2, 0.25) is 10.0 Å². The van der Waals surface area contributed by atoms with Gasteiger partial charge in [0.1, 0.15) is 17.4 Å². The van der Waals surface area contributed by atoms with E-state index in [1.54, 1.807) is 6.07 Å². The first-order valence-corrected chi connectivity index (χ1v) is 14.3. The predicted octanol–water partition coefficient (Wildman–Crippen LogP) is 5.43. The highest BCUT2D eigenvalue weighted by atomic mass is 35.5. The number of halogens is 3. The van der Waals surface area contributed by atoms with Crippen molar-refractivity contribution in [1.82, 2.24) is 9.62 Å². The summed E-state index contributed by atoms with van der Waals surface area (Å²) in [6.45, 7) is 5.55. The topological polar surface area (TPSA) is 75.7 Å². The van der Waals surface area contributed by atoms with Crippen LogP contribution in [-0.4, -0.2) is 44.7 Å².